The van der Waals surface area contributed by atoms with E-state index in [4.69, 9.17) is 12.2 Å². The molecule has 6 heteroatoms. The van der Waals surface area contributed by atoms with E-state index in [9.17, 15) is 0 Å². The van der Waals surface area contributed by atoms with E-state index < -0.39 is 0 Å². The Labute approximate surface area is 193 Å². The van der Waals surface area contributed by atoms with Gasteiger partial charge in [0.25, 0.3) is 0 Å². The molecule has 160 valence electrons. The van der Waals surface area contributed by atoms with Gasteiger partial charge in [-0.3, -0.25) is 9.97 Å². The van der Waals surface area contributed by atoms with Gasteiger partial charge in [0.15, 0.2) is 5.11 Å². The van der Waals surface area contributed by atoms with Crippen LogP contribution in [0.3, 0.4) is 0 Å². The predicted molar refractivity (Wildman–Crippen MR) is 130 cm³/mol. The van der Waals surface area contributed by atoms with Gasteiger partial charge >= 0.3 is 0 Å². The number of nitrogens with zero attached hydrogens (tertiary/aromatic N) is 4. The van der Waals surface area contributed by atoms with Crippen molar-refractivity contribution in [1.29, 1.82) is 0 Å². The second kappa shape index (κ2) is 8.55. The fourth-order valence-corrected chi connectivity index (χ4v) is 4.97. The summed E-state index contributed by atoms with van der Waals surface area (Å²) >= 11 is 5.83. The van der Waals surface area contributed by atoms with Crippen LogP contribution in [0.15, 0.2) is 85.3 Å². The standard InChI is InChI=1S/C26H25N5S/c1-18-15-22(19(2)31(18)21-10-4-3-5-11-21)25-24(23-12-6-7-14-28-23)29-26(32)30(25)17-20-9-8-13-27-16-20/h3-16,24-25H,17H2,1-2H3,(H,29,32)/t24-,25-/m0/s1. The van der Waals surface area contributed by atoms with Crippen molar-refractivity contribution < 1.29 is 0 Å². The van der Waals surface area contributed by atoms with E-state index in [1.165, 1.54) is 17.0 Å². The third-order valence-electron chi connectivity index (χ3n) is 6.08. The second-order valence-corrected chi connectivity index (χ2v) is 8.50. The topological polar surface area (TPSA) is 46.0 Å². The summed E-state index contributed by atoms with van der Waals surface area (Å²) in [6.07, 6.45) is 5.54. The average molecular weight is 440 g/mol. The van der Waals surface area contributed by atoms with Crippen molar-refractivity contribution in [3.63, 3.8) is 0 Å². The highest BCUT2D eigenvalue weighted by Crippen LogP contribution is 2.42. The summed E-state index contributed by atoms with van der Waals surface area (Å²) in [6.45, 7) is 5.03. The summed E-state index contributed by atoms with van der Waals surface area (Å²) in [5.41, 5.74) is 6.93. The van der Waals surface area contributed by atoms with E-state index in [2.05, 4.69) is 81.1 Å². The van der Waals surface area contributed by atoms with Gasteiger partial charge in [0.2, 0.25) is 0 Å². The molecule has 4 aromatic rings. The molecule has 0 amide bonds. The first-order chi connectivity index (χ1) is 15.6. The van der Waals surface area contributed by atoms with E-state index in [1.54, 1.807) is 6.20 Å². The normalized spacial score (nSPS) is 18.1. The summed E-state index contributed by atoms with van der Waals surface area (Å²) in [5.74, 6) is 0. The molecule has 3 aromatic heterocycles. The number of thiocarbonyl (C=S) groups is 1. The van der Waals surface area contributed by atoms with E-state index >= 15 is 0 Å². The number of hydrogen-bond donors (Lipinski definition) is 1. The van der Waals surface area contributed by atoms with Gasteiger partial charge in [-0.15, -0.1) is 0 Å². The van der Waals surface area contributed by atoms with Crippen molar-refractivity contribution in [3.05, 3.63) is 114 Å². The molecule has 5 rings (SSSR count). The van der Waals surface area contributed by atoms with E-state index in [0.29, 0.717) is 6.54 Å². The maximum Gasteiger partial charge on any atom is 0.170 e. The SMILES string of the molecule is Cc1cc([C@H]2[C@H](c3ccccn3)NC(=S)N2Cc2cccnc2)c(C)n1-c1ccccc1. The number of aromatic nitrogens is 3. The van der Waals surface area contributed by atoms with Crippen LogP contribution >= 0.6 is 12.2 Å². The Hall–Kier alpha value is -3.51. The van der Waals surface area contributed by atoms with Crippen LogP contribution in [0.5, 0.6) is 0 Å². The molecule has 0 spiro atoms. The molecule has 0 unspecified atom stereocenters. The minimum atomic E-state index is -0.0369. The lowest BCUT2D eigenvalue weighted by atomic mass is 9.96. The molecular formula is C26H25N5S. The zero-order valence-corrected chi connectivity index (χ0v) is 19.0. The van der Waals surface area contributed by atoms with E-state index in [0.717, 1.165) is 22.1 Å². The van der Waals surface area contributed by atoms with Crippen molar-refractivity contribution in [2.24, 2.45) is 0 Å². The summed E-state index contributed by atoms with van der Waals surface area (Å²) in [6, 6.07) is 22.8. The Kier molecular flexibility index (Phi) is 5.45. The number of pyridine rings is 2. The summed E-state index contributed by atoms with van der Waals surface area (Å²) in [4.78, 5) is 11.2. The van der Waals surface area contributed by atoms with Gasteiger partial charge in [-0.05, 0) is 73.6 Å². The molecule has 0 aliphatic carbocycles. The molecule has 32 heavy (non-hydrogen) atoms. The lowest BCUT2D eigenvalue weighted by Crippen LogP contribution is -2.29. The zero-order valence-electron chi connectivity index (χ0n) is 18.1. The Bertz CT molecular complexity index is 1220. The highest BCUT2D eigenvalue weighted by Gasteiger charge is 2.41. The quantitative estimate of drug-likeness (QED) is 0.441. The van der Waals surface area contributed by atoms with Crippen molar-refractivity contribution in [2.75, 3.05) is 0 Å². The largest absolute Gasteiger partial charge is 0.352 e. The molecule has 4 heterocycles. The lowest BCUT2D eigenvalue weighted by Gasteiger charge is -2.28. The van der Waals surface area contributed by atoms with Crippen LogP contribution in [0.25, 0.3) is 5.69 Å². The number of aryl methyl sites for hydroxylation is 1. The molecule has 1 aromatic carbocycles. The second-order valence-electron chi connectivity index (χ2n) is 8.11. The Morgan fingerprint density at radius 1 is 0.969 bits per heavy atom. The fraction of sp³-hybridized carbons (Fsp3) is 0.192. The molecular weight excluding hydrogens is 414 g/mol. The van der Waals surface area contributed by atoms with Crippen molar-refractivity contribution in [3.8, 4) is 5.69 Å². The van der Waals surface area contributed by atoms with Crippen LogP contribution in [-0.4, -0.2) is 24.5 Å². The van der Waals surface area contributed by atoms with Gasteiger partial charge in [0, 0.05) is 42.2 Å². The molecule has 2 atom stereocenters. The van der Waals surface area contributed by atoms with Gasteiger partial charge in [-0.25, -0.2) is 0 Å². The highest BCUT2D eigenvalue weighted by atomic mass is 32.1. The molecule has 0 saturated carbocycles. The molecule has 5 nitrogen and oxygen atoms in total. The van der Waals surface area contributed by atoms with E-state index in [-0.39, 0.29) is 12.1 Å². The highest BCUT2D eigenvalue weighted by molar-refractivity contribution is 7.80. The third kappa shape index (κ3) is 3.67. The molecule has 1 saturated heterocycles. The van der Waals surface area contributed by atoms with Crippen LogP contribution in [0.4, 0.5) is 0 Å². The average Bonchev–Trinajstić information content (AvgIpc) is 3.30. The van der Waals surface area contributed by atoms with Crippen LogP contribution in [0.2, 0.25) is 0 Å². The molecule has 0 bridgehead atoms. The minimum Gasteiger partial charge on any atom is -0.352 e. The molecule has 0 radical (unpaired) electrons. The van der Waals surface area contributed by atoms with Crippen molar-refractivity contribution in [2.45, 2.75) is 32.5 Å². The number of hydrogen-bond acceptors (Lipinski definition) is 3. The van der Waals surface area contributed by atoms with Gasteiger partial charge in [-0.2, -0.15) is 0 Å². The molecule has 1 N–H and O–H groups in total. The fourth-order valence-electron chi connectivity index (χ4n) is 4.66. The Balaban J connectivity index is 1.62. The molecule has 1 aliphatic rings. The van der Waals surface area contributed by atoms with Gasteiger partial charge in [0.05, 0.1) is 17.8 Å². The first kappa shape index (κ1) is 20.4. The van der Waals surface area contributed by atoms with Crippen LogP contribution in [0, 0.1) is 13.8 Å². The first-order valence-electron chi connectivity index (χ1n) is 10.7. The van der Waals surface area contributed by atoms with Gasteiger partial charge in [-0.1, -0.05) is 30.3 Å². The Morgan fingerprint density at radius 3 is 2.50 bits per heavy atom. The van der Waals surface area contributed by atoms with Crippen molar-refractivity contribution in [1.82, 2.24) is 24.8 Å². The van der Waals surface area contributed by atoms with Crippen LogP contribution < -0.4 is 5.32 Å². The lowest BCUT2D eigenvalue weighted by molar-refractivity contribution is 0.310. The molecule has 1 fully saturated rings. The van der Waals surface area contributed by atoms with Gasteiger partial charge in [0.1, 0.15) is 0 Å². The minimum absolute atomic E-state index is 0.0151. The molecule has 1 aliphatic heterocycles. The Morgan fingerprint density at radius 2 is 1.78 bits per heavy atom. The van der Waals surface area contributed by atoms with Crippen molar-refractivity contribution >= 4 is 17.3 Å². The number of nitrogens with one attached hydrogen (secondary N) is 1. The monoisotopic (exact) mass is 439 g/mol. The van der Waals surface area contributed by atoms with Crippen LogP contribution in [0.1, 0.15) is 40.3 Å². The van der Waals surface area contributed by atoms with Crippen LogP contribution in [-0.2, 0) is 6.54 Å². The maximum absolute atomic E-state index is 5.83. The number of rotatable bonds is 5. The summed E-state index contributed by atoms with van der Waals surface area (Å²) < 4.78 is 2.31. The summed E-state index contributed by atoms with van der Waals surface area (Å²) in [7, 11) is 0. The number of benzene rings is 1. The van der Waals surface area contributed by atoms with Gasteiger partial charge < -0.3 is 14.8 Å². The summed E-state index contributed by atoms with van der Waals surface area (Å²) in [5, 5.41) is 4.29. The number of para-hydroxylation sites is 1. The third-order valence-corrected chi connectivity index (χ3v) is 6.43. The smallest absolute Gasteiger partial charge is 0.170 e. The predicted octanol–water partition coefficient (Wildman–Crippen LogP) is 5.06. The first-order valence-corrected chi connectivity index (χ1v) is 11.2. The van der Waals surface area contributed by atoms with E-state index in [1.807, 2.05) is 36.7 Å². The maximum atomic E-state index is 5.83. The zero-order chi connectivity index (χ0) is 22.1.